The lowest BCUT2D eigenvalue weighted by Gasteiger charge is -2.25. The summed E-state index contributed by atoms with van der Waals surface area (Å²) in [6.07, 6.45) is 3.78. The number of carbonyl (C=O) groups excluding carboxylic acids is 1. The Balaban J connectivity index is 1.34. The van der Waals surface area contributed by atoms with Crippen LogP contribution in [0.2, 0.25) is 0 Å². The first-order valence-electron chi connectivity index (χ1n) is 9.65. The molecule has 1 aromatic carbocycles. The van der Waals surface area contributed by atoms with E-state index in [0.717, 1.165) is 56.4 Å². The van der Waals surface area contributed by atoms with E-state index in [1.807, 2.05) is 31.3 Å². The summed E-state index contributed by atoms with van der Waals surface area (Å²) in [6.45, 7) is 4.36. The molecule has 2 aromatic rings. The summed E-state index contributed by atoms with van der Waals surface area (Å²) in [4.78, 5) is 18.9. The summed E-state index contributed by atoms with van der Waals surface area (Å²) in [5.74, 6) is 0.948. The molecule has 7 heteroatoms. The summed E-state index contributed by atoms with van der Waals surface area (Å²) in [5.41, 5.74) is 2.10. The summed E-state index contributed by atoms with van der Waals surface area (Å²) in [6, 6.07) is 11.1. The van der Waals surface area contributed by atoms with Crippen LogP contribution in [-0.2, 0) is 11.3 Å². The summed E-state index contributed by atoms with van der Waals surface area (Å²) < 4.78 is 10.8. The fourth-order valence-corrected chi connectivity index (χ4v) is 3.96. The van der Waals surface area contributed by atoms with Gasteiger partial charge in [-0.25, -0.2) is 0 Å². The number of hydrogen-bond acceptors (Lipinski definition) is 4. The largest absolute Gasteiger partial charge is 0.459 e. The maximum atomic E-state index is 12.1. The van der Waals surface area contributed by atoms with Gasteiger partial charge in [0.05, 0.1) is 12.9 Å². The van der Waals surface area contributed by atoms with Crippen molar-refractivity contribution in [2.75, 3.05) is 38.7 Å². The van der Waals surface area contributed by atoms with Gasteiger partial charge in [-0.05, 0) is 42.7 Å². The van der Waals surface area contributed by atoms with Crippen LogP contribution in [0.5, 0.6) is 0 Å². The molecule has 0 aliphatic carbocycles. The molecule has 2 N–H and O–H groups in total. The van der Waals surface area contributed by atoms with Crippen molar-refractivity contribution in [1.82, 2.24) is 10.2 Å². The van der Waals surface area contributed by atoms with E-state index in [4.69, 9.17) is 9.15 Å². The van der Waals surface area contributed by atoms with Crippen LogP contribution in [0.1, 0.15) is 29.0 Å². The first kappa shape index (κ1) is 18.6. The summed E-state index contributed by atoms with van der Waals surface area (Å²) in [7, 11) is 1.82. The molecule has 3 heterocycles. The molecule has 7 nitrogen and oxygen atoms in total. The number of amides is 1. The zero-order chi connectivity index (χ0) is 19.4. The molecule has 2 fully saturated rings. The van der Waals surface area contributed by atoms with Gasteiger partial charge in [0.2, 0.25) is 0 Å². The quantitative estimate of drug-likeness (QED) is 0.628. The third kappa shape index (κ3) is 4.04. The normalized spacial score (nSPS) is 22.0. The van der Waals surface area contributed by atoms with Crippen LogP contribution in [0.15, 0.2) is 52.1 Å². The molecule has 2 saturated heterocycles. The van der Waals surface area contributed by atoms with E-state index < -0.39 is 0 Å². The van der Waals surface area contributed by atoms with E-state index in [2.05, 4.69) is 20.5 Å². The van der Waals surface area contributed by atoms with Crippen molar-refractivity contribution in [2.24, 2.45) is 10.4 Å². The van der Waals surface area contributed by atoms with Crippen molar-refractivity contribution < 1.29 is 13.9 Å². The maximum absolute atomic E-state index is 12.1. The molecular weight excluding hydrogens is 356 g/mol. The molecule has 0 saturated carbocycles. The van der Waals surface area contributed by atoms with Gasteiger partial charge in [0, 0.05) is 44.4 Å². The van der Waals surface area contributed by atoms with Crippen molar-refractivity contribution >= 4 is 17.6 Å². The van der Waals surface area contributed by atoms with Gasteiger partial charge in [-0.3, -0.25) is 9.79 Å². The number of guanidine groups is 1. The van der Waals surface area contributed by atoms with Gasteiger partial charge in [0.15, 0.2) is 11.7 Å². The molecule has 1 aromatic heterocycles. The number of likely N-dealkylation sites (tertiary alicyclic amines) is 1. The van der Waals surface area contributed by atoms with Gasteiger partial charge >= 0.3 is 0 Å². The summed E-state index contributed by atoms with van der Waals surface area (Å²) in [5, 5.41) is 6.31. The Hall–Kier alpha value is -2.80. The molecule has 148 valence electrons. The highest BCUT2D eigenvalue weighted by molar-refractivity contribution is 6.02. The van der Waals surface area contributed by atoms with E-state index in [1.54, 1.807) is 12.1 Å². The molecule has 28 heavy (non-hydrogen) atoms. The highest BCUT2D eigenvalue weighted by atomic mass is 16.5. The lowest BCUT2D eigenvalue weighted by molar-refractivity contribution is 0.0996. The van der Waals surface area contributed by atoms with Crippen molar-refractivity contribution in [3.05, 3.63) is 54.0 Å². The standard InChI is InChI=1S/C21H26N4O3/c1-22-20(25-9-7-21(14-25)8-11-27-15-21)23-13-16-4-2-5-17(12-16)24-19(26)18-6-3-10-28-18/h2-6,10,12H,7-9,11,13-15H2,1H3,(H,22,23)(H,24,26). The Morgan fingerprint density at radius 3 is 2.96 bits per heavy atom. The average molecular weight is 382 g/mol. The first-order chi connectivity index (χ1) is 13.7. The van der Waals surface area contributed by atoms with Gasteiger partial charge in [0.1, 0.15) is 0 Å². The molecule has 1 amide bonds. The third-order valence-electron chi connectivity index (χ3n) is 5.52. The van der Waals surface area contributed by atoms with Crippen molar-refractivity contribution in [3.63, 3.8) is 0 Å². The minimum absolute atomic E-state index is 0.257. The predicted molar refractivity (Wildman–Crippen MR) is 107 cm³/mol. The average Bonchev–Trinajstić information content (AvgIpc) is 3.46. The second-order valence-electron chi connectivity index (χ2n) is 7.51. The number of aliphatic imine (C=N–C) groups is 1. The second-order valence-corrected chi connectivity index (χ2v) is 7.51. The highest BCUT2D eigenvalue weighted by Crippen LogP contribution is 2.38. The predicted octanol–water partition coefficient (Wildman–Crippen LogP) is 2.72. The molecular formula is C21H26N4O3. The SMILES string of the molecule is CN=C(NCc1cccc(NC(=O)c2ccco2)c1)N1CCC2(CCOC2)C1. The first-order valence-corrected chi connectivity index (χ1v) is 9.65. The van der Waals surface area contributed by atoms with Crippen molar-refractivity contribution in [3.8, 4) is 0 Å². The molecule has 1 spiro atoms. The van der Waals surface area contributed by atoms with Crippen LogP contribution >= 0.6 is 0 Å². The maximum Gasteiger partial charge on any atom is 0.291 e. The lowest BCUT2D eigenvalue weighted by Crippen LogP contribution is -2.41. The van der Waals surface area contributed by atoms with Crippen molar-refractivity contribution in [2.45, 2.75) is 19.4 Å². The van der Waals surface area contributed by atoms with Gasteiger partial charge in [-0.15, -0.1) is 0 Å². The van der Waals surface area contributed by atoms with E-state index >= 15 is 0 Å². The van der Waals surface area contributed by atoms with Crippen molar-refractivity contribution in [1.29, 1.82) is 0 Å². The van der Waals surface area contributed by atoms with Crippen LogP contribution in [-0.4, -0.2) is 50.1 Å². The fraction of sp³-hybridized carbons (Fsp3) is 0.429. The minimum Gasteiger partial charge on any atom is -0.459 e. The van der Waals surface area contributed by atoms with E-state index in [-0.39, 0.29) is 5.91 Å². The summed E-state index contributed by atoms with van der Waals surface area (Å²) >= 11 is 0. The van der Waals surface area contributed by atoms with E-state index in [1.165, 1.54) is 6.26 Å². The monoisotopic (exact) mass is 382 g/mol. The second kappa shape index (κ2) is 8.06. The fourth-order valence-electron chi connectivity index (χ4n) is 3.96. The number of ether oxygens (including phenoxy) is 1. The number of hydrogen-bond donors (Lipinski definition) is 2. The zero-order valence-electron chi connectivity index (χ0n) is 16.1. The topological polar surface area (TPSA) is 79.1 Å². The van der Waals surface area contributed by atoms with Gasteiger partial charge < -0.3 is 24.7 Å². The number of rotatable bonds is 4. The van der Waals surface area contributed by atoms with Gasteiger partial charge in [-0.2, -0.15) is 0 Å². The number of nitrogens with zero attached hydrogens (tertiary/aromatic N) is 2. The Labute approximate surface area is 164 Å². The van der Waals surface area contributed by atoms with Crippen LogP contribution in [0.3, 0.4) is 0 Å². The Morgan fingerprint density at radius 2 is 2.21 bits per heavy atom. The smallest absolute Gasteiger partial charge is 0.291 e. The van der Waals surface area contributed by atoms with E-state index in [9.17, 15) is 4.79 Å². The van der Waals surface area contributed by atoms with Gasteiger partial charge in [-0.1, -0.05) is 12.1 Å². The Kier molecular flexibility index (Phi) is 5.34. The number of furan rings is 1. The molecule has 1 atom stereocenters. The molecule has 0 bridgehead atoms. The Morgan fingerprint density at radius 1 is 1.29 bits per heavy atom. The number of anilines is 1. The molecule has 4 rings (SSSR count). The number of nitrogens with one attached hydrogen (secondary N) is 2. The third-order valence-corrected chi connectivity index (χ3v) is 5.52. The Bertz CT molecular complexity index is 841. The van der Waals surface area contributed by atoms with Crippen LogP contribution in [0, 0.1) is 5.41 Å². The van der Waals surface area contributed by atoms with E-state index in [0.29, 0.717) is 17.7 Å². The highest BCUT2D eigenvalue weighted by Gasteiger charge is 2.42. The van der Waals surface area contributed by atoms with Gasteiger partial charge in [0.25, 0.3) is 5.91 Å². The number of benzene rings is 1. The number of carbonyl (C=O) groups is 1. The molecule has 1 unspecified atom stereocenters. The van der Waals surface area contributed by atoms with Crippen LogP contribution in [0.25, 0.3) is 0 Å². The van der Waals surface area contributed by atoms with Crippen LogP contribution < -0.4 is 10.6 Å². The molecule has 2 aliphatic heterocycles. The zero-order valence-corrected chi connectivity index (χ0v) is 16.1. The lowest BCUT2D eigenvalue weighted by atomic mass is 9.87. The molecule has 2 aliphatic rings. The van der Waals surface area contributed by atoms with Crippen LogP contribution in [0.4, 0.5) is 5.69 Å². The minimum atomic E-state index is -0.257. The molecule has 0 radical (unpaired) electrons.